The van der Waals surface area contributed by atoms with E-state index in [-0.39, 0.29) is 5.91 Å². The molecule has 0 spiro atoms. The lowest BCUT2D eigenvalue weighted by atomic mass is 10.2. The Morgan fingerprint density at radius 1 is 1.44 bits per heavy atom. The van der Waals surface area contributed by atoms with Crippen molar-refractivity contribution in [3.05, 3.63) is 12.3 Å². The van der Waals surface area contributed by atoms with Crippen molar-refractivity contribution in [2.45, 2.75) is 26.8 Å². The zero-order valence-electron chi connectivity index (χ0n) is 11.2. The molecule has 18 heavy (non-hydrogen) atoms. The second-order valence-electron chi connectivity index (χ2n) is 4.43. The van der Waals surface area contributed by atoms with E-state index in [4.69, 9.17) is 4.74 Å². The molecule has 1 aromatic heterocycles. The molecule has 0 fully saturated rings. The number of nitrogens with one attached hydrogen (secondary N) is 2. The number of hydrogen-bond acceptors (Lipinski definition) is 5. The van der Waals surface area contributed by atoms with Gasteiger partial charge in [-0.1, -0.05) is 13.8 Å². The lowest BCUT2D eigenvalue weighted by Gasteiger charge is -2.15. The van der Waals surface area contributed by atoms with Gasteiger partial charge in [0.15, 0.2) is 0 Å². The van der Waals surface area contributed by atoms with E-state index in [1.165, 1.54) is 7.11 Å². The van der Waals surface area contributed by atoms with Crippen LogP contribution in [0.25, 0.3) is 0 Å². The highest BCUT2D eigenvalue weighted by Gasteiger charge is 2.13. The summed E-state index contributed by atoms with van der Waals surface area (Å²) in [5, 5.41) is 5.77. The van der Waals surface area contributed by atoms with Crippen molar-refractivity contribution in [2.75, 3.05) is 19.0 Å². The molecule has 1 atom stereocenters. The standard InChI is InChI=1S/C12H20N4O2/c1-8(2)7-14-11(17)9(3)15-12-13-6-5-10(16-12)18-4/h5-6,8-9H,7H2,1-4H3,(H,14,17)(H,13,15,16). The SMILES string of the molecule is COc1ccnc(NC(C)C(=O)NCC(C)C)n1. The van der Waals surface area contributed by atoms with Gasteiger partial charge in [-0.2, -0.15) is 4.98 Å². The van der Waals surface area contributed by atoms with Crippen LogP contribution in [0.1, 0.15) is 20.8 Å². The Hall–Kier alpha value is -1.85. The lowest BCUT2D eigenvalue weighted by Crippen LogP contribution is -2.39. The van der Waals surface area contributed by atoms with E-state index < -0.39 is 6.04 Å². The average molecular weight is 252 g/mol. The van der Waals surface area contributed by atoms with Gasteiger partial charge in [0.05, 0.1) is 7.11 Å². The van der Waals surface area contributed by atoms with Crippen molar-refractivity contribution in [3.63, 3.8) is 0 Å². The Balaban J connectivity index is 2.52. The number of ether oxygens (including phenoxy) is 1. The predicted molar refractivity (Wildman–Crippen MR) is 69.5 cm³/mol. The summed E-state index contributed by atoms with van der Waals surface area (Å²) in [6.45, 7) is 6.51. The van der Waals surface area contributed by atoms with Crippen molar-refractivity contribution in [1.82, 2.24) is 15.3 Å². The van der Waals surface area contributed by atoms with Crippen LogP contribution in [0.5, 0.6) is 5.88 Å². The summed E-state index contributed by atoms with van der Waals surface area (Å²) in [6, 6.07) is 1.25. The predicted octanol–water partition coefficient (Wildman–Crippen LogP) is 1.06. The highest BCUT2D eigenvalue weighted by molar-refractivity contribution is 5.83. The van der Waals surface area contributed by atoms with Gasteiger partial charge in [-0.25, -0.2) is 4.98 Å². The highest BCUT2D eigenvalue weighted by Crippen LogP contribution is 2.08. The fourth-order valence-electron chi connectivity index (χ4n) is 1.24. The van der Waals surface area contributed by atoms with Gasteiger partial charge in [-0.15, -0.1) is 0 Å². The summed E-state index contributed by atoms with van der Waals surface area (Å²) in [5.74, 6) is 1.19. The Morgan fingerprint density at radius 3 is 2.78 bits per heavy atom. The van der Waals surface area contributed by atoms with E-state index in [0.717, 1.165) is 0 Å². The highest BCUT2D eigenvalue weighted by atomic mass is 16.5. The van der Waals surface area contributed by atoms with Crippen molar-refractivity contribution in [1.29, 1.82) is 0 Å². The first-order valence-corrected chi connectivity index (χ1v) is 5.94. The zero-order valence-corrected chi connectivity index (χ0v) is 11.2. The first kappa shape index (κ1) is 14.2. The maximum atomic E-state index is 11.7. The maximum absolute atomic E-state index is 11.7. The number of carbonyl (C=O) groups excluding carboxylic acids is 1. The third kappa shape index (κ3) is 4.57. The van der Waals surface area contributed by atoms with Crippen molar-refractivity contribution < 1.29 is 9.53 Å². The van der Waals surface area contributed by atoms with Crippen LogP contribution in [0, 0.1) is 5.92 Å². The molecule has 0 saturated carbocycles. The van der Waals surface area contributed by atoms with Crippen LogP contribution in [-0.4, -0.2) is 35.6 Å². The topological polar surface area (TPSA) is 76.1 Å². The molecule has 1 unspecified atom stereocenters. The molecule has 6 nitrogen and oxygen atoms in total. The summed E-state index contributed by atoms with van der Waals surface area (Å²) >= 11 is 0. The van der Waals surface area contributed by atoms with Gasteiger partial charge < -0.3 is 15.4 Å². The Labute approximate surface area is 107 Å². The quantitative estimate of drug-likeness (QED) is 0.791. The van der Waals surface area contributed by atoms with Gasteiger partial charge in [0.1, 0.15) is 6.04 Å². The summed E-state index contributed by atoms with van der Waals surface area (Å²) in [7, 11) is 1.53. The number of hydrogen-bond donors (Lipinski definition) is 2. The molecule has 0 radical (unpaired) electrons. The molecule has 1 aromatic rings. The van der Waals surface area contributed by atoms with Crippen LogP contribution in [0.15, 0.2) is 12.3 Å². The molecule has 100 valence electrons. The molecule has 0 aliphatic heterocycles. The lowest BCUT2D eigenvalue weighted by molar-refractivity contribution is -0.121. The third-order valence-electron chi connectivity index (χ3n) is 2.26. The fraction of sp³-hybridized carbons (Fsp3) is 0.583. The molecule has 1 amide bonds. The number of anilines is 1. The van der Waals surface area contributed by atoms with E-state index in [1.54, 1.807) is 19.2 Å². The fourth-order valence-corrected chi connectivity index (χ4v) is 1.24. The van der Waals surface area contributed by atoms with Crippen LogP contribution in [-0.2, 0) is 4.79 Å². The summed E-state index contributed by atoms with van der Waals surface area (Å²) in [4.78, 5) is 19.9. The summed E-state index contributed by atoms with van der Waals surface area (Å²) < 4.78 is 4.98. The molecule has 0 aliphatic rings. The number of aromatic nitrogens is 2. The number of amides is 1. The first-order chi connectivity index (χ1) is 8.52. The van der Waals surface area contributed by atoms with Crippen LogP contribution in [0.3, 0.4) is 0 Å². The maximum Gasteiger partial charge on any atom is 0.242 e. The van der Waals surface area contributed by atoms with Gasteiger partial charge in [-0.3, -0.25) is 4.79 Å². The van der Waals surface area contributed by atoms with E-state index >= 15 is 0 Å². The molecule has 1 heterocycles. The van der Waals surface area contributed by atoms with Crippen molar-refractivity contribution in [3.8, 4) is 5.88 Å². The van der Waals surface area contributed by atoms with E-state index in [0.29, 0.717) is 24.3 Å². The van der Waals surface area contributed by atoms with Gasteiger partial charge in [0.25, 0.3) is 0 Å². The number of methoxy groups -OCH3 is 1. The monoisotopic (exact) mass is 252 g/mol. The summed E-state index contributed by atoms with van der Waals surface area (Å²) in [5.41, 5.74) is 0. The molecular weight excluding hydrogens is 232 g/mol. The van der Waals surface area contributed by atoms with Gasteiger partial charge in [0, 0.05) is 18.8 Å². The van der Waals surface area contributed by atoms with Crippen LogP contribution >= 0.6 is 0 Å². The number of carbonyl (C=O) groups is 1. The van der Waals surface area contributed by atoms with E-state index in [9.17, 15) is 4.79 Å². The van der Waals surface area contributed by atoms with Gasteiger partial charge in [-0.05, 0) is 12.8 Å². The van der Waals surface area contributed by atoms with Crippen molar-refractivity contribution >= 4 is 11.9 Å². The minimum atomic E-state index is -0.393. The molecular formula is C12H20N4O2. The normalized spacial score (nSPS) is 12.1. The van der Waals surface area contributed by atoms with Crippen LogP contribution in [0.2, 0.25) is 0 Å². The average Bonchev–Trinajstić information content (AvgIpc) is 2.36. The van der Waals surface area contributed by atoms with E-state index in [1.807, 2.05) is 13.8 Å². The third-order valence-corrected chi connectivity index (χ3v) is 2.26. The molecule has 0 aliphatic carbocycles. The molecule has 2 N–H and O–H groups in total. The van der Waals surface area contributed by atoms with Gasteiger partial charge >= 0.3 is 0 Å². The molecule has 6 heteroatoms. The first-order valence-electron chi connectivity index (χ1n) is 5.94. The van der Waals surface area contributed by atoms with E-state index in [2.05, 4.69) is 20.6 Å². The second kappa shape index (κ2) is 6.78. The zero-order chi connectivity index (χ0) is 13.5. The Bertz CT molecular complexity index is 395. The van der Waals surface area contributed by atoms with Gasteiger partial charge in [0.2, 0.25) is 17.7 Å². The Kier molecular flexibility index (Phi) is 5.35. The largest absolute Gasteiger partial charge is 0.481 e. The molecule has 1 rings (SSSR count). The smallest absolute Gasteiger partial charge is 0.242 e. The molecule has 0 saturated heterocycles. The number of rotatable bonds is 6. The second-order valence-corrected chi connectivity index (χ2v) is 4.43. The molecule has 0 bridgehead atoms. The molecule has 0 aromatic carbocycles. The minimum Gasteiger partial charge on any atom is -0.481 e. The Morgan fingerprint density at radius 2 is 2.17 bits per heavy atom. The number of nitrogens with zero attached hydrogens (tertiary/aromatic N) is 2. The summed E-state index contributed by atoms with van der Waals surface area (Å²) in [6.07, 6.45) is 1.58. The minimum absolute atomic E-state index is 0.0740. The van der Waals surface area contributed by atoms with Crippen LogP contribution < -0.4 is 15.4 Å². The van der Waals surface area contributed by atoms with Crippen molar-refractivity contribution in [2.24, 2.45) is 5.92 Å². The van der Waals surface area contributed by atoms with Crippen LogP contribution in [0.4, 0.5) is 5.95 Å².